The molecule has 1 saturated heterocycles. The molecule has 1 aliphatic heterocycles. The minimum Gasteiger partial charge on any atom is -0.462 e. The van der Waals surface area contributed by atoms with E-state index in [2.05, 4.69) is 10.6 Å². The zero-order valence-electron chi connectivity index (χ0n) is 13.7. The van der Waals surface area contributed by atoms with Gasteiger partial charge in [0.25, 0.3) is 0 Å². The van der Waals surface area contributed by atoms with Crippen molar-refractivity contribution in [2.75, 3.05) is 24.2 Å². The number of anilines is 1. The van der Waals surface area contributed by atoms with Crippen LogP contribution in [-0.4, -0.2) is 41.9 Å². The second kappa shape index (κ2) is 9.32. The number of amides is 2. The third-order valence-electron chi connectivity index (χ3n) is 3.52. The molecule has 2 amide bonds. The summed E-state index contributed by atoms with van der Waals surface area (Å²) in [4.78, 5) is 35.5. The van der Waals surface area contributed by atoms with E-state index in [0.29, 0.717) is 24.4 Å². The lowest BCUT2D eigenvalue weighted by Crippen LogP contribution is -2.40. The third kappa shape index (κ3) is 5.56. The summed E-state index contributed by atoms with van der Waals surface area (Å²) >= 11 is 1.49. The molecule has 0 saturated carbocycles. The molecule has 2 N–H and O–H groups in total. The average molecular weight is 350 g/mol. The van der Waals surface area contributed by atoms with Crippen LogP contribution >= 0.6 is 11.8 Å². The number of unbranched alkanes of at least 4 members (excludes halogenated alkanes) is 1. The van der Waals surface area contributed by atoms with Crippen LogP contribution in [0, 0.1) is 0 Å². The summed E-state index contributed by atoms with van der Waals surface area (Å²) in [7, 11) is 0. The van der Waals surface area contributed by atoms with Crippen molar-refractivity contribution in [2.24, 2.45) is 0 Å². The standard InChI is InChI=1S/C17H22N2O4S/c1-2-3-9-23-17(22)12-4-6-13(7-5-12)19-15(20)11-14-16(21)18-8-10-24-14/h4-7,14H,2-3,8-11H2,1H3,(H,18,21)(H,19,20). The molecule has 130 valence electrons. The van der Waals surface area contributed by atoms with E-state index in [9.17, 15) is 14.4 Å². The number of benzene rings is 1. The Morgan fingerprint density at radius 1 is 1.33 bits per heavy atom. The number of nitrogens with one attached hydrogen (secondary N) is 2. The van der Waals surface area contributed by atoms with Crippen LogP contribution in [-0.2, 0) is 14.3 Å². The molecule has 1 unspecified atom stereocenters. The van der Waals surface area contributed by atoms with Crippen LogP contribution < -0.4 is 10.6 Å². The Bertz CT molecular complexity index is 589. The van der Waals surface area contributed by atoms with Gasteiger partial charge in [0, 0.05) is 24.4 Å². The van der Waals surface area contributed by atoms with Crippen molar-refractivity contribution in [3.05, 3.63) is 29.8 Å². The highest BCUT2D eigenvalue weighted by Gasteiger charge is 2.25. The predicted octanol–water partition coefficient (Wildman–Crippen LogP) is 2.20. The van der Waals surface area contributed by atoms with E-state index in [1.54, 1.807) is 24.3 Å². The third-order valence-corrected chi connectivity index (χ3v) is 4.74. The van der Waals surface area contributed by atoms with Crippen LogP contribution in [0.4, 0.5) is 5.69 Å². The Hall–Kier alpha value is -2.02. The van der Waals surface area contributed by atoms with Gasteiger partial charge in [0.1, 0.15) is 0 Å². The molecule has 6 nitrogen and oxygen atoms in total. The summed E-state index contributed by atoms with van der Waals surface area (Å²) < 4.78 is 5.13. The first-order chi connectivity index (χ1) is 11.6. The van der Waals surface area contributed by atoms with Gasteiger partial charge in [-0.05, 0) is 30.7 Å². The summed E-state index contributed by atoms with van der Waals surface area (Å²) in [5, 5.41) is 5.15. The van der Waals surface area contributed by atoms with Crippen molar-refractivity contribution >= 4 is 35.2 Å². The smallest absolute Gasteiger partial charge is 0.338 e. The molecule has 1 heterocycles. The number of ether oxygens (including phenoxy) is 1. The van der Waals surface area contributed by atoms with Crippen LogP contribution in [0.15, 0.2) is 24.3 Å². The summed E-state index contributed by atoms with van der Waals surface area (Å²) in [6.07, 6.45) is 1.94. The van der Waals surface area contributed by atoms with Crippen LogP contribution in [0.1, 0.15) is 36.5 Å². The van der Waals surface area contributed by atoms with Crippen molar-refractivity contribution in [2.45, 2.75) is 31.4 Å². The van der Waals surface area contributed by atoms with E-state index >= 15 is 0 Å². The Kier molecular flexibility index (Phi) is 7.11. The fourth-order valence-electron chi connectivity index (χ4n) is 2.18. The number of carbonyl (C=O) groups excluding carboxylic acids is 3. The van der Waals surface area contributed by atoms with Crippen molar-refractivity contribution in [1.82, 2.24) is 5.32 Å². The van der Waals surface area contributed by atoms with Crippen LogP contribution in [0.2, 0.25) is 0 Å². The molecule has 0 radical (unpaired) electrons. The molecule has 1 aliphatic rings. The molecule has 2 rings (SSSR count). The molecule has 0 bridgehead atoms. The molecule has 1 atom stereocenters. The molecule has 7 heteroatoms. The summed E-state index contributed by atoms with van der Waals surface area (Å²) in [6, 6.07) is 6.54. The highest BCUT2D eigenvalue weighted by Crippen LogP contribution is 2.19. The van der Waals surface area contributed by atoms with Gasteiger partial charge >= 0.3 is 5.97 Å². The topological polar surface area (TPSA) is 84.5 Å². The van der Waals surface area contributed by atoms with E-state index in [0.717, 1.165) is 18.6 Å². The largest absolute Gasteiger partial charge is 0.462 e. The van der Waals surface area contributed by atoms with E-state index in [1.807, 2.05) is 6.92 Å². The summed E-state index contributed by atoms with van der Waals surface area (Å²) in [5.74, 6) is 0.143. The van der Waals surface area contributed by atoms with Gasteiger partial charge in [-0.3, -0.25) is 9.59 Å². The minimum atomic E-state index is -0.364. The zero-order chi connectivity index (χ0) is 17.4. The van der Waals surface area contributed by atoms with Gasteiger partial charge in [-0.1, -0.05) is 13.3 Å². The molecule has 0 aliphatic carbocycles. The zero-order valence-corrected chi connectivity index (χ0v) is 14.5. The van der Waals surface area contributed by atoms with Gasteiger partial charge in [-0.25, -0.2) is 4.79 Å². The van der Waals surface area contributed by atoms with E-state index in [4.69, 9.17) is 4.74 Å². The first-order valence-corrected chi connectivity index (χ1v) is 9.11. The van der Waals surface area contributed by atoms with Crippen molar-refractivity contribution in [1.29, 1.82) is 0 Å². The predicted molar refractivity (Wildman–Crippen MR) is 94.1 cm³/mol. The lowest BCUT2D eigenvalue weighted by atomic mass is 10.2. The Balaban J connectivity index is 1.83. The number of esters is 1. The fraction of sp³-hybridized carbons (Fsp3) is 0.471. The van der Waals surface area contributed by atoms with Gasteiger partial charge in [-0.15, -0.1) is 11.8 Å². The maximum Gasteiger partial charge on any atom is 0.338 e. The number of rotatable bonds is 7. The fourth-order valence-corrected chi connectivity index (χ4v) is 3.19. The maximum absolute atomic E-state index is 12.0. The first kappa shape index (κ1) is 18.3. The molecular weight excluding hydrogens is 328 g/mol. The second-order valence-corrected chi connectivity index (χ2v) is 6.78. The van der Waals surface area contributed by atoms with Crippen molar-refractivity contribution in [3.8, 4) is 0 Å². The summed E-state index contributed by atoms with van der Waals surface area (Å²) in [6.45, 7) is 3.09. The highest BCUT2D eigenvalue weighted by atomic mass is 32.2. The first-order valence-electron chi connectivity index (χ1n) is 8.06. The van der Waals surface area contributed by atoms with Gasteiger partial charge < -0.3 is 15.4 Å². The number of hydrogen-bond acceptors (Lipinski definition) is 5. The molecular formula is C17H22N2O4S. The van der Waals surface area contributed by atoms with Gasteiger partial charge in [0.15, 0.2) is 0 Å². The quantitative estimate of drug-likeness (QED) is 0.582. The molecule has 1 fully saturated rings. The molecule has 24 heavy (non-hydrogen) atoms. The molecule has 1 aromatic carbocycles. The Labute approximate surface area is 145 Å². The lowest BCUT2D eigenvalue weighted by molar-refractivity contribution is -0.123. The lowest BCUT2D eigenvalue weighted by Gasteiger charge is -2.20. The molecule has 0 aromatic heterocycles. The van der Waals surface area contributed by atoms with Gasteiger partial charge in [-0.2, -0.15) is 0 Å². The van der Waals surface area contributed by atoms with E-state index < -0.39 is 0 Å². The summed E-state index contributed by atoms with van der Waals surface area (Å²) in [5.41, 5.74) is 1.04. The number of hydrogen-bond donors (Lipinski definition) is 2. The van der Waals surface area contributed by atoms with Crippen LogP contribution in [0.3, 0.4) is 0 Å². The van der Waals surface area contributed by atoms with Crippen molar-refractivity contribution < 1.29 is 19.1 Å². The van der Waals surface area contributed by atoms with E-state index in [-0.39, 0.29) is 29.5 Å². The minimum absolute atomic E-state index is 0.0911. The molecule has 0 spiro atoms. The maximum atomic E-state index is 12.0. The van der Waals surface area contributed by atoms with Gasteiger partial charge in [0.05, 0.1) is 17.4 Å². The van der Waals surface area contributed by atoms with Crippen molar-refractivity contribution in [3.63, 3.8) is 0 Å². The highest BCUT2D eigenvalue weighted by molar-refractivity contribution is 8.00. The Morgan fingerprint density at radius 3 is 2.75 bits per heavy atom. The van der Waals surface area contributed by atoms with E-state index in [1.165, 1.54) is 11.8 Å². The number of carbonyl (C=O) groups is 3. The monoisotopic (exact) mass is 350 g/mol. The van der Waals surface area contributed by atoms with Crippen LogP contribution in [0.5, 0.6) is 0 Å². The number of thioether (sulfide) groups is 1. The Morgan fingerprint density at radius 2 is 2.08 bits per heavy atom. The normalized spacial score (nSPS) is 17.0. The van der Waals surface area contributed by atoms with Crippen LogP contribution in [0.25, 0.3) is 0 Å². The second-order valence-electron chi connectivity index (χ2n) is 5.47. The molecule has 1 aromatic rings. The van der Waals surface area contributed by atoms with Gasteiger partial charge in [0.2, 0.25) is 11.8 Å². The average Bonchev–Trinajstić information content (AvgIpc) is 2.58. The SMILES string of the molecule is CCCCOC(=O)c1ccc(NC(=O)CC2SCCNC2=O)cc1.